The summed E-state index contributed by atoms with van der Waals surface area (Å²) in [5, 5.41) is 4.64. The fourth-order valence-electron chi connectivity index (χ4n) is 1.35. The Morgan fingerprint density at radius 1 is 1.38 bits per heavy atom. The second kappa shape index (κ2) is 5.04. The maximum atomic E-state index is 6.07. The Morgan fingerprint density at radius 3 is 2.88 bits per heavy atom. The molecule has 1 aromatic carbocycles. The van der Waals surface area contributed by atoms with Crippen LogP contribution < -0.4 is 5.32 Å². The zero-order valence-electron chi connectivity index (χ0n) is 8.58. The van der Waals surface area contributed by atoms with E-state index in [2.05, 4.69) is 17.2 Å². The summed E-state index contributed by atoms with van der Waals surface area (Å²) in [6, 6.07) is 5.54. The second-order valence-electron chi connectivity index (χ2n) is 3.39. The molecule has 1 N–H and O–H groups in total. The zero-order chi connectivity index (χ0) is 11.5. The van der Waals surface area contributed by atoms with Crippen LogP contribution in [0.3, 0.4) is 0 Å². The first kappa shape index (κ1) is 11.7. The fraction of sp³-hybridized carbons (Fsp3) is 0.182. The van der Waals surface area contributed by atoms with Gasteiger partial charge in [-0.1, -0.05) is 23.2 Å². The van der Waals surface area contributed by atoms with E-state index in [9.17, 15) is 0 Å². The quantitative estimate of drug-likeness (QED) is 0.882. The number of halogens is 2. The van der Waals surface area contributed by atoms with Crippen molar-refractivity contribution < 1.29 is 0 Å². The number of benzene rings is 1. The van der Waals surface area contributed by atoms with Crippen LogP contribution in [-0.2, 0) is 0 Å². The third-order valence-corrected chi connectivity index (χ3v) is 3.70. The van der Waals surface area contributed by atoms with E-state index in [0.717, 1.165) is 10.6 Å². The van der Waals surface area contributed by atoms with Crippen LogP contribution in [0.1, 0.15) is 17.8 Å². The van der Waals surface area contributed by atoms with Gasteiger partial charge in [0, 0.05) is 16.1 Å². The summed E-state index contributed by atoms with van der Waals surface area (Å²) in [5.41, 5.74) is 2.66. The Bertz CT molecular complexity index is 471. The van der Waals surface area contributed by atoms with Crippen LogP contribution in [0.15, 0.2) is 29.9 Å². The minimum absolute atomic E-state index is 0.170. The van der Waals surface area contributed by atoms with Gasteiger partial charge in [0.15, 0.2) is 0 Å². The lowest BCUT2D eigenvalue weighted by molar-refractivity contribution is 0.904. The summed E-state index contributed by atoms with van der Waals surface area (Å²) in [7, 11) is 0. The summed E-state index contributed by atoms with van der Waals surface area (Å²) in [5.74, 6) is 0. The molecule has 0 amide bonds. The maximum absolute atomic E-state index is 6.07. The van der Waals surface area contributed by atoms with Gasteiger partial charge in [-0.05, 0) is 25.1 Å². The maximum Gasteiger partial charge on any atom is 0.0795 e. The third-order valence-electron chi connectivity index (χ3n) is 2.18. The van der Waals surface area contributed by atoms with E-state index in [-0.39, 0.29) is 6.04 Å². The van der Waals surface area contributed by atoms with E-state index in [4.69, 9.17) is 23.2 Å². The summed E-state index contributed by atoms with van der Waals surface area (Å²) < 4.78 is 0. The van der Waals surface area contributed by atoms with Crippen molar-refractivity contribution in [3.63, 3.8) is 0 Å². The number of rotatable bonds is 3. The van der Waals surface area contributed by atoms with Crippen molar-refractivity contribution in [3.05, 3.63) is 44.8 Å². The predicted molar refractivity (Wildman–Crippen MR) is 70.6 cm³/mol. The van der Waals surface area contributed by atoms with Crippen LogP contribution in [0.5, 0.6) is 0 Å². The lowest BCUT2D eigenvalue weighted by Crippen LogP contribution is -2.05. The number of nitrogens with one attached hydrogen (secondary N) is 1. The summed E-state index contributed by atoms with van der Waals surface area (Å²) in [6.45, 7) is 2.06. The van der Waals surface area contributed by atoms with E-state index >= 15 is 0 Å². The second-order valence-corrected chi connectivity index (χ2v) is 5.16. The average Bonchev–Trinajstić information content (AvgIpc) is 2.76. The van der Waals surface area contributed by atoms with Crippen molar-refractivity contribution in [2.24, 2.45) is 0 Å². The van der Waals surface area contributed by atoms with Crippen molar-refractivity contribution >= 4 is 40.2 Å². The van der Waals surface area contributed by atoms with Gasteiger partial charge in [0.1, 0.15) is 0 Å². The van der Waals surface area contributed by atoms with Crippen molar-refractivity contribution in [2.75, 3.05) is 5.32 Å². The van der Waals surface area contributed by atoms with Gasteiger partial charge < -0.3 is 5.32 Å². The number of anilines is 1. The highest BCUT2D eigenvalue weighted by atomic mass is 35.5. The molecule has 0 spiro atoms. The monoisotopic (exact) mass is 272 g/mol. The van der Waals surface area contributed by atoms with Crippen LogP contribution in [0.25, 0.3) is 0 Å². The minimum atomic E-state index is 0.170. The number of hydrogen-bond donors (Lipinski definition) is 1. The smallest absolute Gasteiger partial charge is 0.0795 e. The van der Waals surface area contributed by atoms with Crippen LogP contribution in [0.4, 0.5) is 5.69 Å². The van der Waals surface area contributed by atoms with Gasteiger partial charge in [0.2, 0.25) is 0 Å². The first-order valence-corrected chi connectivity index (χ1v) is 6.40. The Hall–Kier alpha value is -0.770. The summed E-state index contributed by atoms with van der Waals surface area (Å²) in [4.78, 5) is 5.21. The SMILES string of the molecule is CC(Nc1cc(Cl)ccc1Cl)c1cncs1. The molecule has 1 atom stereocenters. The molecule has 2 aromatic rings. The van der Waals surface area contributed by atoms with Crippen LogP contribution in [0.2, 0.25) is 10.0 Å². The van der Waals surface area contributed by atoms with Gasteiger partial charge in [0.05, 0.1) is 22.3 Å². The number of nitrogens with zero attached hydrogens (tertiary/aromatic N) is 1. The molecule has 1 aromatic heterocycles. The zero-order valence-corrected chi connectivity index (χ0v) is 10.9. The van der Waals surface area contributed by atoms with Crippen LogP contribution in [-0.4, -0.2) is 4.98 Å². The van der Waals surface area contributed by atoms with Crippen molar-refractivity contribution in [1.29, 1.82) is 0 Å². The third kappa shape index (κ3) is 2.67. The van der Waals surface area contributed by atoms with E-state index in [0.29, 0.717) is 10.0 Å². The van der Waals surface area contributed by atoms with Crippen LogP contribution >= 0.6 is 34.5 Å². The Balaban J connectivity index is 2.17. The molecule has 2 rings (SSSR count). The molecule has 0 aliphatic rings. The molecule has 0 saturated heterocycles. The van der Waals surface area contributed by atoms with Gasteiger partial charge in [-0.15, -0.1) is 11.3 Å². The molecular formula is C11H10Cl2N2S. The highest BCUT2D eigenvalue weighted by molar-refractivity contribution is 7.09. The number of hydrogen-bond acceptors (Lipinski definition) is 3. The summed E-state index contributed by atoms with van der Waals surface area (Å²) in [6.07, 6.45) is 1.85. The largest absolute Gasteiger partial charge is 0.376 e. The van der Waals surface area contributed by atoms with E-state index in [1.54, 1.807) is 23.5 Å². The molecule has 0 radical (unpaired) electrons. The topological polar surface area (TPSA) is 24.9 Å². The number of thiazole rings is 1. The Kier molecular flexibility index (Phi) is 3.69. The molecule has 1 unspecified atom stereocenters. The predicted octanol–water partition coefficient (Wildman–Crippen LogP) is 4.62. The fourth-order valence-corrected chi connectivity index (χ4v) is 2.32. The molecule has 0 fully saturated rings. The van der Waals surface area contributed by atoms with Gasteiger partial charge in [-0.25, -0.2) is 0 Å². The highest BCUT2D eigenvalue weighted by Crippen LogP contribution is 2.29. The first-order valence-electron chi connectivity index (χ1n) is 4.77. The van der Waals surface area contributed by atoms with E-state index in [1.165, 1.54) is 0 Å². The van der Waals surface area contributed by atoms with Gasteiger partial charge >= 0.3 is 0 Å². The first-order chi connectivity index (χ1) is 7.66. The minimum Gasteiger partial charge on any atom is -0.376 e. The van der Waals surface area contributed by atoms with Crippen LogP contribution in [0, 0.1) is 0 Å². The van der Waals surface area contributed by atoms with Gasteiger partial charge in [-0.2, -0.15) is 0 Å². The van der Waals surface area contributed by atoms with Gasteiger partial charge in [-0.3, -0.25) is 4.98 Å². The van der Waals surface area contributed by atoms with Crippen molar-refractivity contribution in [3.8, 4) is 0 Å². The molecule has 0 aliphatic carbocycles. The molecule has 2 nitrogen and oxygen atoms in total. The summed E-state index contributed by atoms with van der Waals surface area (Å²) >= 11 is 13.6. The molecule has 5 heteroatoms. The molecule has 0 bridgehead atoms. The van der Waals surface area contributed by atoms with E-state index < -0.39 is 0 Å². The standard InChI is InChI=1S/C11H10Cl2N2S/c1-7(11-5-14-6-16-11)15-10-4-8(12)2-3-9(10)13/h2-7,15H,1H3. The average molecular weight is 273 g/mol. The van der Waals surface area contributed by atoms with E-state index in [1.807, 2.05) is 17.8 Å². The van der Waals surface area contributed by atoms with Crippen molar-refractivity contribution in [1.82, 2.24) is 4.98 Å². The molecule has 16 heavy (non-hydrogen) atoms. The lowest BCUT2D eigenvalue weighted by Gasteiger charge is -2.14. The molecule has 0 aliphatic heterocycles. The molecular weight excluding hydrogens is 263 g/mol. The normalized spacial score (nSPS) is 12.4. The van der Waals surface area contributed by atoms with Crippen molar-refractivity contribution in [2.45, 2.75) is 13.0 Å². The molecule has 1 heterocycles. The Labute approximate surface area is 108 Å². The molecule has 0 saturated carbocycles. The van der Waals surface area contributed by atoms with Gasteiger partial charge in [0.25, 0.3) is 0 Å². The lowest BCUT2D eigenvalue weighted by atomic mass is 10.2. The molecule has 84 valence electrons. The highest BCUT2D eigenvalue weighted by Gasteiger charge is 2.09. The number of aromatic nitrogens is 1. The Morgan fingerprint density at radius 2 is 2.19 bits per heavy atom.